The van der Waals surface area contributed by atoms with Gasteiger partial charge in [0.25, 0.3) is 10.1 Å². The van der Waals surface area contributed by atoms with E-state index in [4.69, 9.17) is 4.28 Å². The van der Waals surface area contributed by atoms with Crippen molar-refractivity contribution in [1.82, 2.24) is 5.06 Å². The van der Waals surface area contributed by atoms with Crippen molar-refractivity contribution < 1.29 is 17.5 Å². The zero-order valence-corrected chi connectivity index (χ0v) is 15.3. The highest BCUT2D eigenvalue weighted by Crippen LogP contribution is 2.11. The second kappa shape index (κ2) is 12.9. The summed E-state index contributed by atoms with van der Waals surface area (Å²) in [5.41, 5.74) is 0. The van der Waals surface area contributed by atoms with Crippen molar-refractivity contribution in [2.45, 2.75) is 84.5 Å². The van der Waals surface area contributed by atoms with Gasteiger partial charge in [-0.2, -0.15) is 8.42 Å². The lowest BCUT2D eigenvalue weighted by atomic mass is 10.1. The molecule has 0 atom stereocenters. The fraction of sp³-hybridized carbons (Fsp3) is 0.938. The third-order valence-corrected chi connectivity index (χ3v) is 4.88. The summed E-state index contributed by atoms with van der Waals surface area (Å²) >= 11 is 0. The first-order valence-electron chi connectivity index (χ1n) is 8.61. The molecule has 0 aromatic rings. The Balaban J connectivity index is 3.64. The number of carbonyl (C=O) groups is 1. The molecule has 0 fully saturated rings. The third-order valence-electron chi connectivity index (χ3n) is 3.52. The van der Waals surface area contributed by atoms with E-state index in [1.165, 1.54) is 45.6 Å². The molecule has 6 heteroatoms. The number of hydrogen-bond donors (Lipinski definition) is 0. The van der Waals surface area contributed by atoms with Gasteiger partial charge in [-0.05, 0) is 12.8 Å². The first kappa shape index (κ1) is 21.4. The molecule has 5 nitrogen and oxygen atoms in total. The molecule has 0 rings (SSSR count). The van der Waals surface area contributed by atoms with Crippen LogP contribution >= 0.6 is 0 Å². The maximum atomic E-state index is 11.8. The second-order valence-electron chi connectivity index (χ2n) is 5.81. The summed E-state index contributed by atoms with van der Waals surface area (Å²) in [5.74, 6) is -0.342. The molecule has 0 aromatic carbocycles. The molecule has 0 radical (unpaired) electrons. The van der Waals surface area contributed by atoms with E-state index in [0.717, 1.165) is 24.3 Å². The van der Waals surface area contributed by atoms with Gasteiger partial charge in [0.1, 0.15) is 0 Å². The molecule has 22 heavy (non-hydrogen) atoms. The minimum Gasteiger partial charge on any atom is -0.273 e. The smallest absolute Gasteiger partial charge is 0.273 e. The number of hydroxylamine groups is 2. The topological polar surface area (TPSA) is 63.7 Å². The van der Waals surface area contributed by atoms with E-state index in [1.54, 1.807) is 6.92 Å². The Morgan fingerprint density at radius 1 is 0.864 bits per heavy atom. The van der Waals surface area contributed by atoms with Crippen LogP contribution in [-0.4, -0.2) is 32.2 Å². The van der Waals surface area contributed by atoms with E-state index in [2.05, 4.69) is 6.92 Å². The van der Waals surface area contributed by atoms with Gasteiger partial charge in [0, 0.05) is 13.5 Å². The molecule has 0 aromatic heterocycles. The molecule has 0 aliphatic heterocycles. The van der Waals surface area contributed by atoms with Crippen LogP contribution in [0.25, 0.3) is 0 Å². The normalized spacial score (nSPS) is 11.6. The van der Waals surface area contributed by atoms with E-state index in [-0.39, 0.29) is 11.7 Å². The monoisotopic (exact) mass is 335 g/mol. The van der Waals surface area contributed by atoms with Crippen LogP contribution in [-0.2, 0) is 19.2 Å². The molecular weight excluding hydrogens is 302 g/mol. The van der Waals surface area contributed by atoms with Gasteiger partial charge in [-0.3, -0.25) is 4.79 Å². The number of nitrogens with zero attached hydrogens (tertiary/aromatic N) is 1. The van der Waals surface area contributed by atoms with Crippen LogP contribution in [0.2, 0.25) is 0 Å². The molecule has 0 N–H and O–H groups in total. The predicted octanol–water partition coefficient (Wildman–Crippen LogP) is 4.04. The quantitative estimate of drug-likeness (QED) is 0.355. The summed E-state index contributed by atoms with van der Waals surface area (Å²) in [4.78, 5) is 11.8. The Morgan fingerprint density at radius 2 is 1.36 bits per heavy atom. The fourth-order valence-electron chi connectivity index (χ4n) is 2.24. The highest BCUT2D eigenvalue weighted by molar-refractivity contribution is 7.86. The van der Waals surface area contributed by atoms with Gasteiger partial charge in [0.15, 0.2) is 0 Å². The molecule has 0 aliphatic rings. The molecule has 132 valence electrons. The van der Waals surface area contributed by atoms with E-state index < -0.39 is 10.1 Å². The average molecular weight is 336 g/mol. The zero-order valence-electron chi connectivity index (χ0n) is 14.5. The second-order valence-corrected chi connectivity index (χ2v) is 7.48. The van der Waals surface area contributed by atoms with E-state index in [9.17, 15) is 13.2 Å². The number of amides is 1. The predicted molar refractivity (Wildman–Crippen MR) is 89.8 cm³/mol. The summed E-state index contributed by atoms with van der Waals surface area (Å²) in [6, 6.07) is 0. The lowest BCUT2D eigenvalue weighted by Crippen LogP contribution is -2.30. The maximum absolute atomic E-state index is 11.8. The zero-order chi connectivity index (χ0) is 16.8. The van der Waals surface area contributed by atoms with Crippen LogP contribution in [0.4, 0.5) is 0 Å². The van der Waals surface area contributed by atoms with Crippen molar-refractivity contribution in [2.24, 2.45) is 0 Å². The molecule has 1 amide bonds. The van der Waals surface area contributed by atoms with Crippen molar-refractivity contribution in [2.75, 3.05) is 12.8 Å². The van der Waals surface area contributed by atoms with Crippen molar-refractivity contribution >= 4 is 16.0 Å². The Morgan fingerprint density at radius 3 is 1.86 bits per heavy atom. The Hall–Kier alpha value is -0.620. The first-order valence-corrected chi connectivity index (χ1v) is 10.2. The Kier molecular flexibility index (Phi) is 12.5. The molecular formula is C16H33NO4S. The third kappa shape index (κ3) is 12.0. The minimum atomic E-state index is -3.62. The maximum Gasteiger partial charge on any atom is 0.288 e. The lowest BCUT2D eigenvalue weighted by molar-refractivity contribution is -0.151. The number of carbonyl (C=O) groups excluding carboxylic acids is 1. The Bertz CT molecular complexity index is 382. The summed E-state index contributed by atoms with van der Waals surface area (Å²) in [5, 5.41) is 0.857. The van der Waals surface area contributed by atoms with E-state index >= 15 is 0 Å². The molecule has 0 aliphatic carbocycles. The van der Waals surface area contributed by atoms with Gasteiger partial charge in [0.2, 0.25) is 5.91 Å². The summed E-state index contributed by atoms with van der Waals surface area (Å²) in [7, 11) is -2.26. The van der Waals surface area contributed by atoms with Crippen LogP contribution in [0, 0.1) is 0 Å². The first-order chi connectivity index (χ1) is 10.4. The van der Waals surface area contributed by atoms with Crippen molar-refractivity contribution in [3.63, 3.8) is 0 Å². The summed E-state index contributed by atoms with van der Waals surface area (Å²) in [6.07, 6.45) is 11.5. The van der Waals surface area contributed by atoms with Crippen LogP contribution < -0.4 is 0 Å². The highest BCUT2D eigenvalue weighted by atomic mass is 32.2. The van der Waals surface area contributed by atoms with Gasteiger partial charge in [-0.1, -0.05) is 65.2 Å². The van der Waals surface area contributed by atoms with Crippen LogP contribution in [0.3, 0.4) is 0 Å². The van der Waals surface area contributed by atoms with Crippen LogP contribution in [0.5, 0.6) is 0 Å². The van der Waals surface area contributed by atoms with Gasteiger partial charge in [0.05, 0.1) is 5.75 Å². The highest BCUT2D eigenvalue weighted by Gasteiger charge is 2.17. The van der Waals surface area contributed by atoms with Gasteiger partial charge in [-0.15, -0.1) is 4.28 Å². The number of hydrogen-bond acceptors (Lipinski definition) is 4. The number of unbranched alkanes of at least 4 members (excludes halogenated alkanes) is 8. The van der Waals surface area contributed by atoms with Gasteiger partial charge >= 0.3 is 0 Å². The largest absolute Gasteiger partial charge is 0.288 e. The molecule has 0 spiro atoms. The van der Waals surface area contributed by atoms with E-state index in [0.29, 0.717) is 12.8 Å². The van der Waals surface area contributed by atoms with Crippen LogP contribution in [0.1, 0.15) is 84.5 Å². The van der Waals surface area contributed by atoms with Crippen LogP contribution in [0.15, 0.2) is 0 Å². The summed E-state index contributed by atoms with van der Waals surface area (Å²) in [6.45, 7) is 3.97. The van der Waals surface area contributed by atoms with Crippen molar-refractivity contribution in [3.8, 4) is 0 Å². The fourth-order valence-corrected chi connectivity index (χ4v) is 3.24. The molecule has 0 unspecified atom stereocenters. The average Bonchev–Trinajstić information content (AvgIpc) is 2.44. The molecule has 0 bridgehead atoms. The molecule has 0 saturated carbocycles. The standard InChI is InChI=1S/C16H33NO4S/c1-4-6-7-8-9-10-11-12-13-14-16(18)17(3)21-22(19,20)15-5-2/h4-15H2,1-3H3. The van der Waals surface area contributed by atoms with Crippen molar-refractivity contribution in [3.05, 3.63) is 0 Å². The lowest BCUT2D eigenvalue weighted by Gasteiger charge is -2.15. The van der Waals surface area contributed by atoms with Gasteiger partial charge < -0.3 is 0 Å². The van der Waals surface area contributed by atoms with Gasteiger partial charge in [-0.25, -0.2) is 5.06 Å². The van der Waals surface area contributed by atoms with E-state index in [1.807, 2.05) is 0 Å². The minimum absolute atomic E-state index is 0.0668. The van der Waals surface area contributed by atoms with Crippen molar-refractivity contribution in [1.29, 1.82) is 0 Å². The summed E-state index contributed by atoms with van der Waals surface area (Å²) < 4.78 is 27.6. The molecule has 0 saturated heterocycles. The molecule has 0 heterocycles. The number of rotatable bonds is 14. The SMILES string of the molecule is CCCCCCCCCCCC(=O)N(C)OS(=O)(=O)CCC. The Labute approximate surface area is 136 Å².